The topological polar surface area (TPSA) is 12.0 Å². The van der Waals surface area contributed by atoms with Crippen LogP contribution in [0.2, 0.25) is 0 Å². The van der Waals surface area contributed by atoms with Crippen molar-refractivity contribution in [3.63, 3.8) is 0 Å². The number of rotatable bonds is 1. The summed E-state index contributed by atoms with van der Waals surface area (Å²) in [5, 5.41) is 3.13. The number of nitrogens with one attached hydrogen (secondary N) is 1. The molecule has 0 bridgehead atoms. The van der Waals surface area contributed by atoms with Crippen LogP contribution in [-0.4, -0.2) is 6.54 Å². The first-order valence-corrected chi connectivity index (χ1v) is 4.46. The van der Waals surface area contributed by atoms with E-state index in [1.165, 1.54) is 12.1 Å². The van der Waals surface area contributed by atoms with Gasteiger partial charge >= 0.3 is 0 Å². The van der Waals surface area contributed by atoms with E-state index in [9.17, 15) is 8.78 Å². The maximum absolute atomic E-state index is 13.2. The molecule has 2 rings (SSSR count). The molecule has 0 radical (unpaired) electrons. The highest BCUT2D eigenvalue weighted by molar-refractivity contribution is 5.85. The molecule has 1 aliphatic heterocycles. The van der Waals surface area contributed by atoms with Gasteiger partial charge in [0.2, 0.25) is 0 Å². The Bertz CT molecular complexity index is 311. The fraction of sp³-hybridized carbons (Fsp3) is 0.400. The van der Waals surface area contributed by atoms with Crippen LogP contribution in [0.4, 0.5) is 8.78 Å². The van der Waals surface area contributed by atoms with Gasteiger partial charge in [0, 0.05) is 11.6 Å². The molecule has 0 unspecified atom stereocenters. The molecule has 0 aliphatic carbocycles. The van der Waals surface area contributed by atoms with E-state index >= 15 is 0 Å². The van der Waals surface area contributed by atoms with Gasteiger partial charge in [-0.3, -0.25) is 0 Å². The summed E-state index contributed by atoms with van der Waals surface area (Å²) in [7, 11) is 0. The van der Waals surface area contributed by atoms with Gasteiger partial charge in [0.25, 0.3) is 0 Å². The molecule has 1 aromatic carbocycles. The summed E-state index contributed by atoms with van der Waals surface area (Å²) >= 11 is 0. The highest BCUT2D eigenvalue weighted by atomic mass is 35.5. The van der Waals surface area contributed by atoms with Gasteiger partial charge in [-0.2, -0.15) is 0 Å². The van der Waals surface area contributed by atoms with Crippen molar-refractivity contribution in [2.24, 2.45) is 0 Å². The third kappa shape index (κ3) is 2.22. The highest BCUT2D eigenvalue weighted by Gasteiger charge is 2.19. The first-order chi connectivity index (χ1) is 6.27. The van der Waals surface area contributed by atoms with E-state index < -0.39 is 0 Å². The molecule has 0 spiro atoms. The van der Waals surface area contributed by atoms with Crippen LogP contribution in [-0.2, 0) is 0 Å². The summed E-state index contributed by atoms with van der Waals surface area (Å²) < 4.78 is 26.0. The highest BCUT2D eigenvalue weighted by Crippen LogP contribution is 2.25. The van der Waals surface area contributed by atoms with Gasteiger partial charge in [-0.25, -0.2) is 8.78 Å². The van der Waals surface area contributed by atoms with Crippen LogP contribution in [0.3, 0.4) is 0 Å². The smallest absolute Gasteiger partial charge is 0.128 e. The lowest BCUT2D eigenvalue weighted by Gasteiger charge is -2.11. The zero-order valence-electron chi connectivity index (χ0n) is 7.59. The van der Waals surface area contributed by atoms with Gasteiger partial charge in [0.05, 0.1) is 0 Å². The van der Waals surface area contributed by atoms with Gasteiger partial charge in [0.15, 0.2) is 0 Å². The van der Waals surface area contributed by atoms with Crippen molar-refractivity contribution >= 4 is 12.4 Å². The summed E-state index contributed by atoms with van der Waals surface area (Å²) in [5.74, 6) is -0.689. The average Bonchev–Trinajstić information content (AvgIpc) is 2.61. The Balaban J connectivity index is 0.000000980. The first-order valence-electron chi connectivity index (χ1n) is 4.46. The number of halogens is 3. The van der Waals surface area contributed by atoms with Crippen molar-refractivity contribution in [2.75, 3.05) is 6.54 Å². The second-order valence-electron chi connectivity index (χ2n) is 3.31. The van der Waals surface area contributed by atoms with Crippen molar-refractivity contribution in [2.45, 2.75) is 18.9 Å². The van der Waals surface area contributed by atoms with Crippen LogP contribution in [0, 0.1) is 11.6 Å². The molecule has 1 aliphatic rings. The van der Waals surface area contributed by atoms with E-state index in [2.05, 4.69) is 5.32 Å². The minimum atomic E-state index is -0.370. The molecule has 1 fully saturated rings. The molecule has 1 aromatic rings. The van der Waals surface area contributed by atoms with E-state index in [4.69, 9.17) is 0 Å². The molecule has 0 saturated carbocycles. The van der Waals surface area contributed by atoms with Gasteiger partial charge in [0.1, 0.15) is 11.6 Å². The molecule has 0 amide bonds. The SMILES string of the molecule is Cl.Fc1ccc(F)c([C@H]2CCCN2)c1. The monoisotopic (exact) mass is 219 g/mol. The van der Waals surface area contributed by atoms with Crippen LogP contribution >= 0.6 is 12.4 Å². The van der Waals surface area contributed by atoms with Crippen LogP contribution in [0.5, 0.6) is 0 Å². The Morgan fingerprint density at radius 1 is 1.29 bits per heavy atom. The normalized spacial score (nSPS) is 20.6. The molecule has 14 heavy (non-hydrogen) atoms. The Morgan fingerprint density at radius 2 is 2.07 bits per heavy atom. The molecule has 1 heterocycles. The predicted molar refractivity (Wildman–Crippen MR) is 53.6 cm³/mol. The van der Waals surface area contributed by atoms with E-state index in [0.717, 1.165) is 25.5 Å². The summed E-state index contributed by atoms with van der Waals surface area (Å²) in [5.41, 5.74) is 0.456. The van der Waals surface area contributed by atoms with Crippen LogP contribution in [0.1, 0.15) is 24.4 Å². The molecule has 1 atom stereocenters. The number of benzene rings is 1. The van der Waals surface area contributed by atoms with Crippen LogP contribution in [0.25, 0.3) is 0 Å². The van der Waals surface area contributed by atoms with E-state index in [1.807, 2.05) is 0 Å². The second-order valence-corrected chi connectivity index (χ2v) is 3.31. The van der Waals surface area contributed by atoms with Crippen LogP contribution in [0.15, 0.2) is 18.2 Å². The van der Waals surface area contributed by atoms with Gasteiger partial charge < -0.3 is 5.32 Å². The van der Waals surface area contributed by atoms with Crippen molar-refractivity contribution < 1.29 is 8.78 Å². The standard InChI is InChI=1S/C10H11F2N.ClH/c11-7-3-4-9(12)8(6-7)10-2-1-5-13-10;/h3-4,6,10,13H,1-2,5H2;1H/t10-;/m1./s1. The Hall–Kier alpha value is -0.670. The van der Waals surface area contributed by atoms with Gasteiger partial charge in [-0.1, -0.05) is 0 Å². The number of hydrogen-bond donors (Lipinski definition) is 1. The average molecular weight is 220 g/mol. The predicted octanol–water partition coefficient (Wildman–Crippen LogP) is 2.81. The Morgan fingerprint density at radius 3 is 2.71 bits per heavy atom. The maximum Gasteiger partial charge on any atom is 0.128 e. The summed E-state index contributed by atoms with van der Waals surface area (Å²) in [6, 6.07) is 3.60. The lowest BCUT2D eigenvalue weighted by atomic mass is 10.0. The van der Waals surface area contributed by atoms with E-state index in [-0.39, 0.29) is 30.1 Å². The fourth-order valence-corrected chi connectivity index (χ4v) is 1.73. The zero-order valence-corrected chi connectivity index (χ0v) is 8.41. The third-order valence-electron chi connectivity index (χ3n) is 2.39. The first kappa shape index (κ1) is 11.4. The molecule has 1 N–H and O–H groups in total. The third-order valence-corrected chi connectivity index (χ3v) is 2.39. The fourth-order valence-electron chi connectivity index (χ4n) is 1.73. The van der Waals surface area contributed by atoms with Gasteiger partial charge in [-0.05, 0) is 37.6 Å². The second kappa shape index (κ2) is 4.71. The molecule has 4 heteroatoms. The summed E-state index contributed by atoms with van der Waals surface area (Å²) in [6.07, 6.45) is 1.92. The van der Waals surface area contributed by atoms with Crippen LogP contribution < -0.4 is 5.32 Å². The maximum atomic E-state index is 13.2. The molecular weight excluding hydrogens is 208 g/mol. The van der Waals surface area contributed by atoms with Crippen molar-refractivity contribution in [3.8, 4) is 0 Å². The van der Waals surface area contributed by atoms with E-state index in [0.29, 0.717) is 5.56 Å². The molecule has 78 valence electrons. The largest absolute Gasteiger partial charge is 0.310 e. The lowest BCUT2D eigenvalue weighted by Crippen LogP contribution is -2.14. The van der Waals surface area contributed by atoms with Crippen molar-refractivity contribution in [1.29, 1.82) is 0 Å². The molecular formula is C10H12ClF2N. The Kier molecular flexibility index (Phi) is 3.84. The van der Waals surface area contributed by atoms with Gasteiger partial charge in [-0.15, -0.1) is 12.4 Å². The Labute approximate surface area is 87.9 Å². The minimum absolute atomic E-state index is 0. The van der Waals surface area contributed by atoms with Crippen molar-refractivity contribution in [3.05, 3.63) is 35.4 Å². The number of hydrogen-bond acceptors (Lipinski definition) is 1. The molecule has 1 nitrogen and oxygen atoms in total. The van der Waals surface area contributed by atoms with E-state index in [1.54, 1.807) is 0 Å². The van der Waals surface area contributed by atoms with Crippen molar-refractivity contribution in [1.82, 2.24) is 5.32 Å². The zero-order chi connectivity index (χ0) is 9.26. The summed E-state index contributed by atoms with van der Waals surface area (Å²) in [4.78, 5) is 0. The minimum Gasteiger partial charge on any atom is -0.310 e. The molecule has 1 saturated heterocycles. The summed E-state index contributed by atoms with van der Waals surface area (Å²) in [6.45, 7) is 0.890. The lowest BCUT2D eigenvalue weighted by molar-refractivity contribution is 0.543. The molecule has 0 aromatic heterocycles. The quantitative estimate of drug-likeness (QED) is 0.766.